The average Bonchev–Trinajstić information content (AvgIpc) is 2.71. The van der Waals surface area contributed by atoms with Crippen LogP contribution in [0.25, 0.3) is 0 Å². The Kier molecular flexibility index (Phi) is 7.67. The minimum atomic E-state index is -5.13. The van der Waals surface area contributed by atoms with Crippen molar-refractivity contribution in [2.45, 2.75) is 17.1 Å². The molecule has 0 aliphatic heterocycles. The number of halogens is 5. The summed E-state index contributed by atoms with van der Waals surface area (Å²) in [6, 6.07) is 3.17. The maximum Gasteiger partial charge on any atom is 0.408 e. The van der Waals surface area contributed by atoms with Crippen LogP contribution in [0.2, 0.25) is 5.02 Å². The molecule has 0 aliphatic rings. The number of sulfonamides is 1. The topological polar surface area (TPSA) is 143 Å². The van der Waals surface area contributed by atoms with Gasteiger partial charge in [0.1, 0.15) is 11.5 Å². The lowest BCUT2D eigenvalue weighted by atomic mass is 10.2. The van der Waals surface area contributed by atoms with Crippen LogP contribution in [-0.4, -0.2) is 38.4 Å². The van der Waals surface area contributed by atoms with Crippen LogP contribution in [0.4, 0.5) is 23.2 Å². The molecular weight excluding hydrogens is 472 g/mol. The first-order valence-electron chi connectivity index (χ1n) is 8.11. The standard InChI is InChI=1S/C16H15ClF4N4O5S/c17-9-6-12(10(18)5-8(9)15(26)23-22)30-7-14(16(19,20)21)25-31(28,29)13-4-2-1-3-11(13)24-27/h1-6,14,24-25,27H,7,22H2,(H,23,26). The molecule has 1 amide bonds. The molecule has 170 valence electrons. The van der Waals surface area contributed by atoms with Gasteiger partial charge in [0.05, 0.1) is 16.3 Å². The number of hydrogen-bond acceptors (Lipinski definition) is 7. The molecule has 0 aromatic heterocycles. The average molecular weight is 487 g/mol. The molecule has 0 spiro atoms. The van der Waals surface area contributed by atoms with E-state index in [-0.39, 0.29) is 10.7 Å². The Bertz CT molecular complexity index is 1070. The number of rotatable bonds is 8. The van der Waals surface area contributed by atoms with Crippen molar-refractivity contribution in [3.8, 4) is 5.75 Å². The fraction of sp³-hybridized carbons (Fsp3) is 0.188. The quantitative estimate of drug-likeness (QED) is 0.166. The molecule has 0 radical (unpaired) electrons. The van der Waals surface area contributed by atoms with Crippen LogP contribution < -0.4 is 26.2 Å². The molecule has 15 heteroatoms. The van der Waals surface area contributed by atoms with Gasteiger partial charge in [-0.2, -0.15) is 17.9 Å². The van der Waals surface area contributed by atoms with Gasteiger partial charge in [-0.1, -0.05) is 23.7 Å². The van der Waals surface area contributed by atoms with E-state index in [1.165, 1.54) is 16.9 Å². The Morgan fingerprint density at radius 3 is 2.48 bits per heavy atom. The number of anilines is 1. The van der Waals surface area contributed by atoms with E-state index in [9.17, 15) is 30.8 Å². The maximum absolute atomic E-state index is 14.1. The van der Waals surface area contributed by atoms with Crippen molar-refractivity contribution in [3.63, 3.8) is 0 Å². The van der Waals surface area contributed by atoms with Crippen molar-refractivity contribution in [2.75, 3.05) is 12.1 Å². The molecule has 0 bridgehead atoms. The molecule has 1 atom stereocenters. The maximum atomic E-state index is 14.1. The zero-order valence-electron chi connectivity index (χ0n) is 15.2. The summed E-state index contributed by atoms with van der Waals surface area (Å²) < 4.78 is 85.2. The number of ether oxygens (including phenoxy) is 1. The second kappa shape index (κ2) is 9.65. The lowest BCUT2D eigenvalue weighted by molar-refractivity contribution is -0.157. The first-order chi connectivity index (χ1) is 14.4. The molecule has 2 aromatic carbocycles. The summed E-state index contributed by atoms with van der Waals surface area (Å²) in [5.74, 6) is 1.97. The monoisotopic (exact) mass is 486 g/mol. The van der Waals surface area contributed by atoms with E-state index in [1.54, 1.807) is 10.9 Å². The van der Waals surface area contributed by atoms with Gasteiger partial charge in [0.25, 0.3) is 5.91 Å². The first kappa shape index (κ1) is 24.6. The van der Waals surface area contributed by atoms with Crippen LogP contribution in [0.15, 0.2) is 41.3 Å². The van der Waals surface area contributed by atoms with E-state index in [0.717, 1.165) is 18.2 Å². The van der Waals surface area contributed by atoms with E-state index >= 15 is 0 Å². The van der Waals surface area contributed by atoms with Crippen molar-refractivity contribution < 1.29 is 40.7 Å². The van der Waals surface area contributed by atoms with Gasteiger partial charge in [0.2, 0.25) is 10.0 Å². The summed E-state index contributed by atoms with van der Waals surface area (Å²) in [5.41, 5.74) is 2.51. The third-order valence-electron chi connectivity index (χ3n) is 3.79. The van der Waals surface area contributed by atoms with Crippen LogP contribution in [0.5, 0.6) is 5.75 Å². The number of para-hydroxylation sites is 1. The summed E-state index contributed by atoms with van der Waals surface area (Å²) in [6.07, 6.45) is -5.13. The smallest absolute Gasteiger partial charge is 0.408 e. The number of carbonyl (C=O) groups is 1. The normalized spacial score (nSPS) is 12.9. The van der Waals surface area contributed by atoms with E-state index < -0.39 is 56.8 Å². The van der Waals surface area contributed by atoms with Crippen LogP contribution in [0, 0.1) is 5.82 Å². The van der Waals surface area contributed by atoms with E-state index in [4.69, 9.17) is 27.4 Å². The van der Waals surface area contributed by atoms with E-state index in [1.807, 2.05) is 0 Å². The predicted octanol–water partition coefficient (Wildman–Crippen LogP) is 2.17. The van der Waals surface area contributed by atoms with Crippen LogP contribution >= 0.6 is 11.6 Å². The lowest BCUT2D eigenvalue weighted by Gasteiger charge is -2.22. The number of amides is 1. The summed E-state index contributed by atoms with van der Waals surface area (Å²) >= 11 is 5.77. The highest BCUT2D eigenvalue weighted by molar-refractivity contribution is 7.89. The van der Waals surface area contributed by atoms with Crippen LogP contribution in [-0.2, 0) is 10.0 Å². The van der Waals surface area contributed by atoms with Gasteiger partial charge in [-0.15, -0.1) is 0 Å². The van der Waals surface area contributed by atoms with Gasteiger partial charge in [-0.25, -0.2) is 18.7 Å². The molecule has 6 N–H and O–H groups in total. The molecule has 0 fully saturated rings. The molecule has 2 rings (SSSR count). The van der Waals surface area contributed by atoms with Gasteiger partial charge in [-0.05, 0) is 18.2 Å². The third-order valence-corrected chi connectivity index (χ3v) is 5.63. The Hall–Kier alpha value is -2.65. The number of hydrazine groups is 1. The fourth-order valence-corrected chi connectivity index (χ4v) is 3.91. The SMILES string of the molecule is NNC(=O)c1cc(F)c(OCC(NS(=O)(=O)c2ccccc2NO)C(F)(F)F)cc1Cl. The molecular formula is C16H15ClF4N4O5S. The molecule has 2 aromatic rings. The molecule has 31 heavy (non-hydrogen) atoms. The van der Waals surface area contributed by atoms with Crippen molar-refractivity contribution in [1.29, 1.82) is 0 Å². The van der Waals surface area contributed by atoms with Crippen molar-refractivity contribution in [3.05, 3.63) is 52.8 Å². The summed E-state index contributed by atoms with van der Waals surface area (Å²) in [6.45, 7) is -1.37. The number of benzene rings is 2. The molecule has 0 heterocycles. The van der Waals surface area contributed by atoms with Crippen LogP contribution in [0.1, 0.15) is 10.4 Å². The van der Waals surface area contributed by atoms with E-state index in [0.29, 0.717) is 6.07 Å². The third kappa shape index (κ3) is 5.95. The zero-order chi connectivity index (χ0) is 23.4. The number of hydrogen-bond donors (Lipinski definition) is 5. The Labute approximate surface area is 178 Å². The Morgan fingerprint density at radius 1 is 1.26 bits per heavy atom. The number of nitrogens with two attached hydrogens (primary N) is 1. The molecule has 0 saturated heterocycles. The minimum Gasteiger partial charge on any atom is -0.488 e. The Balaban J connectivity index is 2.28. The molecule has 1 unspecified atom stereocenters. The molecule has 9 nitrogen and oxygen atoms in total. The number of alkyl halides is 3. The summed E-state index contributed by atoms with van der Waals surface area (Å²) in [7, 11) is -4.79. The van der Waals surface area contributed by atoms with Gasteiger partial charge < -0.3 is 4.74 Å². The zero-order valence-corrected chi connectivity index (χ0v) is 16.8. The fourth-order valence-electron chi connectivity index (χ4n) is 2.30. The van der Waals surface area contributed by atoms with Crippen LogP contribution in [0.3, 0.4) is 0 Å². The van der Waals surface area contributed by atoms with Gasteiger partial charge >= 0.3 is 6.18 Å². The summed E-state index contributed by atoms with van der Waals surface area (Å²) in [4.78, 5) is 10.8. The van der Waals surface area contributed by atoms with Crippen molar-refractivity contribution in [2.24, 2.45) is 5.84 Å². The largest absolute Gasteiger partial charge is 0.488 e. The predicted molar refractivity (Wildman–Crippen MR) is 101 cm³/mol. The van der Waals surface area contributed by atoms with Crippen molar-refractivity contribution >= 4 is 33.2 Å². The highest BCUT2D eigenvalue weighted by Gasteiger charge is 2.43. The Morgan fingerprint density at radius 2 is 1.90 bits per heavy atom. The van der Waals surface area contributed by atoms with Crippen molar-refractivity contribution in [1.82, 2.24) is 10.1 Å². The second-order valence-corrected chi connectivity index (χ2v) is 7.96. The number of nitrogens with one attached hydrogen (secondary N) is 3. The number of nitrogen functional groups attached to an aromatic ring is 1. The number of carbonyl (C=O) groups excluding carboxylic acids is 1. The minimum absolute atomic E-state index is 0.369. The first-order valence-corrected chi connectivity index (χ1v) is 9.97. The van der Waals surface area contributed by atoms with Gasteiger partial charge in [0.15, 0.2) is 17.6 Å². The molecule has 0 saturated carbocycles. The highest BCUT2D eigenvalue weighted by atomic mass is 35.5. The van der Waals surface area contributed by atoms with Gasteiger partial charge in [-0.3, -0.25) is 20.9 Å². The summed E-state index contributed by atoms with van der Waals surface area (Å²) in [5, 5.41) is 8.61. The molecule has 0 aliphatic carbocycles. The lowest BCUT2D eigenvalue weighted by Crippen LogP contribution is -2.49. The van der Waals surface area contributed by atoms with E-state index in [2.05, 4.69) is 0 Å². The van der Waals surface area contributed by atoms with Gasteiger partial charge in [0, 0.05) is 6.07 Å². The second-order valence-electron chi connectivity index (χ2n) is 5.87. The highest BCUT2D eigenvalue weighted by Crippen LogP contribution is 2.29.